The first-order valence-corrected chi connectivity index (χ1v) is 6.28. The SMILES string of the molecule is CC(NC1CCN(C)CC1)C1CCOC1. The molecule has 15 heavy (non-hydrogen) atoms. The smallest absolute Gasteiger partial charge is 0.0509 e. The molecule has 3 heteroatoms. The Balaban J connectivity index is 1.71. The molecule has 0 aromatic heterocycles. The molecule has 2 heterocycles. The van der Waals surface area contributed by atoms with Crippen LogP contribution in [0, 0.1) is 5.92 Å². The van der Waals surface area contributed by atoms with E-state index in [0.717, 1.165) is 25.2 Å². The van der Waals surface area contributed by atoms with Crippen LogP contribution in [-0.4, -0.2) is 50.3 Å². The lowest BCUT2D eigenvalue weighted by Gasteiger charge is -2.33. The Bertz CT molecular complexity index is 184. The van der Waals surface area contributed by atoms with Crippen LogP contribution in [0.2, 0.25) is 0 Å². The molecule has 0 radical (unpaired) electrons. The van der Waals surface area contributed by atoms with Crippen molar-refractivity contribution in [1.29, 1.82) is 0 Å². The number of rotatable bonds is 3. The van der Waals surface area contributed by atoms with Crippen molar-refractivity contribution in [2.24, 2.45) is 5.92 Å². The molecule has 2 unspecified atom stereocenters. The Hall–Kier alpha value is -0.120. The van der Waals surface area contributed by atoms with Crippen molar-refractivity contribution in [2.75, 3.05) is 33.4 Å². The first kappa shape index (κ1) is 11.4. The number of hydrogen-bond donors (Lipinski definition) is 1. The molecule has 0 spiro atoms. The third-order valence-electron chi connectivity index (χ3n) is 3.89. The molecule has 0 aromatic rings. The van der Waals surface area contributed by atoms with Gasteiger partial charge in [-0.1, -0.05) is 0 Å². The third kappa shape index (κ3) is 3.16. The average molecular weight is 212 g/mol. The molecule has 2 rings (SSSR count). The first-order valence-electron chi connectivity index (χ1n) is 6.28. The summed E-state index contributed by atoms with van der Waals surface area (Å²) in [5.74, 6) is 0.740. The summed E-state index contributed by atoms with van der Waals surface area (Å²) in [6, 6.07) is 1.36. The molecule has 2 aliphatic heterocycles. The van der Waals surface area contributed by atoms with Gasteiger partial charge in [-0.3, -0.25) is 0 Å². The standard InChI is InChI=1S/C12H24N2O/c1-10(11-5-8-15-9-11)13-12-3-6-14(2)7-4-12/h10-13H,3-9H2,1-2H3. The zero-order valence-corrected chi connectivity index (χ0v) is 10.0. The summed E-state index contributed by atoms with van der Waals surface area (Å²) in [6.07, 6.45) is 3.84. The van der Waals surface area contributed by atoms with E-state index in [1.807, 2.05) is 0 Å². The summed E-state index contributed by atoms with van der Waals surface area (Å²) >= 11 is 0. The van der Waals surface area contributed by atoms with Gasteiger partial charge in [0.15, 0.2) is 0 Å². The molecule has 0 bridgehead atoms. The van der Waals surface area contributed by atoms with Crippen molar-refractivity contribution in [3.63, 3.8) is 0 Å². The van der Waals surface area contributed by atoms with Gasteiger partial charge in [-0.25, -0.2) is 0 Å². The molecule has 3 nitrogen and oxygen atoms in total. The molecular formula is C12H24N2O. The number of ether oxygens (including phenoxy) is 1. The minimum Gasteiger partial charge on any atom is -0.381 e. The van der Waals surface area contributed by atoms with Crippen LogP contribution in [0.1, 0.15) is 26.2 Å². The van der Waals surface area contributed by atoms with Gasteiger partial charge in [0.25, 0.3) is 0 Å². The molecule has 0 aromatic carbocycles. The van der Waals surface area contributed by atoms with Gasteiger partial charge in [0.2, 0.25) is 0 Å². The van der Waals surface area contributed by atoms with Gasteiger partial charge in [-0.15, -0.1) is 0 Å². The highest BCUT2D eigenvalue weighted by atomic mass is 16.5. The van der Waals surface area contributed by atoms with Crippen LogP contribution in [0.25, 0.3) is 0 Å². The van der Waals surface area contributed by atoms with Crippen LogP contribution >= 0.6 is 0 Å². The summed E-state index contributed by atoms with van der Waals surface area (Å²) in [5.41, 5.74) is 0. The van der Waals surface area contributed by atoms with Crippen molar-refractivity contribution < 1.29 is 4.74 Å². The molecular weight excluding hydrogens is 188 g/mol. The number of nitrogens with zero attached hydrogens (tertiary/aromatic N) is 1. The summed E-state index contributed by atoms with van der Waals surface area (Å²) in [5, 5.41) is 3.77. The highest BCUT2D eigenvalue weighted by Crippen LogP contribution is 2.18. The molecule has 2 atom stereocenters. The van der Waals surface area contributed by atoms with Crippen LogP contribution in [0.4, 0.5) is 0 Å². The second-order valence-corrected chi connectivity index (χ2v) is 5.16. The number of nitrogens with one attached hydrogen (secondary N) is 1. The Morgan fingerprint density at radius 3 is 2.60 bits per heavy atom. The van der Waals surface area contributed by atoms with E-state index in [2.05, 4.69) is 24.2 Å². The quantitative estimate of drug-likeness (QED) is 0.758. The lowest BCUT2D eigenvalue weighted by Crippen LogP contribution is -2.46. The van der Waals surface area contributed by atoms with Gasteiger partial charge in [0.05, 0.1) is 6.61 Å². The zero-order chi connectivity index (χ0) is 10.7. The lowest BCUT2D eigenvalue weighted by atomic mass is 9.97. The monoisotopic (exact) mass is 212 g/mol. The van der Waals surface area contributed by atoms with E-state index in [1.165, 1.54) is 32.4 Å². The van der Waals surface area contributed by atoms with Crippen molar-refractivity contribution in [1.82, 2.24) is 10.2 Å². The maximum Gasteiger partial charge on any atom is 0.0509 e. The predicted octanol–water partition coefficient (Wildman–Crippen LogP) is 1.10. The van der Waals surface area contributed by atoms with Gasteiger partial charge in [0, 0.05) is 18.7 Å². The van der Waals surface area contributed by atoms with Gasteiger partial charge in [-0.2, -0.15) is 0 Å². The van der Waals surface area contributed by atoms with E-state index in [9.17, 15) is 0 Å². The van der Waals surface area contributed by atoms with Crippen LogP contribution in [-0.2, 0) is 4.74 Å². The van der Waals surface area contributed by atoms with Crippen molar-refractivity contribution in [3.05, 3.63) is 0 Å². The van der Waals surface area contributed by atoms with Gasteiger partial charge < -0.3 is 15.0 Å². The molecule has 88 valence electrons. The second-order valence-electron chi connectivity index (χ2n) is 5.16. The van der Waals surface area contributed by atoms with E-state index in [4.69, 9.17) is 4.74 Å². The average Bonchev–Trinajstić information content (AvgIpc) is 2.74. The topological polar surface area (TPSA) is 24.5 Å². The van der Waals surface area contributed by atoms with Crippen molar-refractivity contribution in [2.45, 2.75) is 38.3 Å². The predicted molar refractivity (Wildman–Crippen MR) is 62.0 cm³/mol. The summed E-state index contributed by atoms with van der Waals surface area (Å²) in [7, 11) is 2.21. The molecule has 0 saturated carbocycles. The zero-order valence-electron chi connectivity index (χ0n) is 10.0. The fraction of sp³-hybridized carbons (Fsp3) is 1.00. The lowest BCUT2D eigenvalue weighted by molar-refractivity contribution is 0.169. The minimum absolute atomic E-state index is 0.626. The van der Waals surface area contributed by atoms with Crippen LogP contribution in [0.5, 0.6) is 0 Å². The fourth-order valence-corrected chi connectivity index (χ4v) is 2.63. The minimum atomic E-state index is 0.626. The summed E-state index contributed by atoms with van der Waals surface area (Å²) < 4.78 is 5.44. The second kappa shape index (κ2) is 5.28. The Kier molecular flexibility index (Phi) is 4.00. The molecule has 1 N–H and O–H groups in total. The van der Waals surface area contributed by atoms with E-state index >= 15 is 0 Å². The third-order valence-corrected chi connectivity index (χ3v) is 3.89. The largest absolute Gasteiger partial charge is 0.381 e. The van der Waals surface area contributed by atoms with Crippen LogP contribution in [0.15, 0.2) is 0 Å². The summed E-state index contributed by atoms with van der Waals surface area (Å²) in [6.45, 7) is 6.72. The van der Waals surface area contributed by atoms with E-state index in [1.54, 1.807) is 0 Å². The van der Waals surface area contributed by atoms with Gasteiger partial charge in [0.1, 0.15) is 0 Å². The Morgan fingerprint density at radius 2 is 2.00 bits per heavy atom. The molecule has 2 saturated heterocycles. The van der Waals surface area contributed by atoms with Crippen LogP contribution in [0.3, 0.4) is 0 Å². The van der Waals surface area contributed by atoms with Crippen molar-refractivity contribution in [3.8, 4) is 0 Å². The van der Waals surface area contributed by atoms with Crippen molar-refractivity contribution >= 4 is 0 Å². The normalized spacial score (nSPS) is 32.0. The summed E-state index contributed by atoms with van der Waals surface area (Å²) in [4.78, 5) is 2.42. The molecule has 2 aliphatic rings. The Labute approximate surface area is 93.2 Å². The van der Waals surface area contributed by atoms with E-state index in [0.29, 0.717) is 6.04 Å². The first-order chi connectivity index (χ1) is 7.25. The van der Waals surface area contributed by atoms with Crippen LogP contribution < -0.4 is 5.32 Å². The highest BCUT2D eigenvalue weighted by Gasteiger charge is 2.25. The van der Waals surface area contributed by atoms with E-state index in [-0.39, 0.29) is 0 Å². The highest BCUT2D eigenvalue weighted by molar-refractivity contribution is 4.82. The number of hydrogen-bond acceptors (Lipinski definition) is 3. The fourth-order valence-electron chi connectivity index (χ4n) is 2.63. The number of likely N-dealkylation sites (tertiary alicyclic amines) is 1. The Morgan fingerprint density at radius 1 is 1.27 bits per heavy atom. The van der Waals surface area contributed by atoms with E-state index < -0.39 is 0 Å². The maximum absolute atomic E-state index is 5.44. The van der Waals surface area contributed by atoms with Gasteiger partial charge >= 0.3 is 0 Å². The molecule has 0 aliphatic carbocycles. The molecule has 2 fully saturated rings. The maximum atomic E-state index is 5.44. The molecule has 0 amide bonds. The number of piperidine rings is 1. The van der Waals surface area contributed by atoms with Gasteiger partial charge in [-0.05, 0) is 52.2 Å².